The maximum Gasteiger partial charge on any atom is 0.229 e. The molecule has 3 heterocycles. The number of amides is 2. The Hall–Kier alpha value is -3.81. The molecule has 164 valence electrons. The normalized spacial score (nSPS) is 14.4. The molecular formula is C24H24FN5O2. The molecule has 8 heteroatoms. The van der Waals surface area contributed by atoms with Crippen LogP contribution in [-0.4, -0.2) is 34.9 Å². The van der Waals surface area contributed by atoms with Crippen LogP contribution in [0.5, 0.6) is 0 Å². The topological polar surface area (TPSA) is 101 Å². The zero-order chi connectivity index (χ0) is 22.5. The van der Waals surface area contributed by atoms with E-state index in [0.29, 0.717) is 48.7 Å². The van der Waals surface area contributed by atoms with Crippen molar-refractivity contribution in [3.8, 4) is 0 Å². The minimum atomic E-state index is -0.754. The number of nitrogens with zero attached hydrogens (tertiary/aromatic N) is 3. The molecule has 4 rings (SSSR count). The number of rotatable bonds is 8. The van der Waals surface area contributed by atoms with Gasteiger partial charge in [-0.05, 0) is 48.2 Å². The van der Waals surface area contributed by atoms with Gasteiger partial charge in [0.2, 0.25) is 11.8 Å². The molecule has 1 aliphatic heterocycles. The van der Waals surface area contributed by atoms with Crippen molar-refractivity contribution >= 4 is 23.5 Å². The van der Waals surface area contributed by atoms with Crippen LogP contribution in [0.15, 0.2) is 60.9 Å². The summed E-state index contributed by atoms with van der Waals surface area (Å²) in [7, 11) is 0. The fourth-order valence-corrected chi connectivity index (χ4v) is 3.94. The predicted octanol–water partition coefficient (Wildman–Crippen LogP) is 3.01. The van der Waals surface area contributed by atoms with Crippen molar-refractivity contribution in [1.29, 1.82) is 0 Å². The third kappa shape index (κ3) is 4.74. The fraction of sp³-hybridized carbons (Fsp3) is 0.250. The van der Waals surface area contributed by atoms with Crippen molar-refractivity contribution < 1.29 is 14.0 Å². The van der Waals surface area contributed by atoms with Gasteiger partial charge in [0.15, 0.2) is 0 Å². The highest BCUT2D eigenvalue weighted by molar-refractivity contribution is 5.95. The minimum absolute atomic E-state index is 0.0228. The number of halogens is 1. The summed E-state index contributed by atoms with van der Waals surface area (Å²) in [6.45, 7) is 1.06. The van der Waals surface area contributed by atoms with Crippen LogP contribution in [0.4, 0.5) is 16.0 Å². The lowest BCUT2D eigenvalue weighted by molar-refractivity contribution is -0.119. The van der Waals surface area contributed by atoms with Crippen molar-refractivity contribution in [1.82, 2.24) is 9.97 Å². The van der Waals surface area contributed by atoms with Gasteiger partial charge in [0.1, 0.15) is 17.5 Å². The lowest BCUT2D eigenvalue weighted by atomic mass is 9.92. The van der Waals surface area contributed by atoms with E-state index in [1.165, 1.54) is 12.1 Å². The summed E-state index contributed by atoms with van der Waals surface area (Å²) in [5.41, 5.74) is 7.85. The van der Waals surface area contributed by atoms with Crippen LogP contribution in [0, 0.1) is 5.82 Å². The van der Waals surface area contributed by atoms with Crippen LogP contribution < -0.4 is 16.0 Å². The summed E-state index contributed by atoms with van der Waals surface area (Å²) in [5, 5.41) is 3.27. The Morgan fingerprint density at radius 1 is 1.22 bits per heavy atom. The van der Waals surface area contributed by atoms with Gasteiger partial charge in [-0.15, -0.1) is 0 Å². The molecule has 0 bridgehead atoms. The molecule has 1 aliphatic rings. The van der Waals surface area contributed by atoms with E-state index in [2.05, 4.69) is 15.3 Å². The number of carbonyl (C=O) groups is 2. The van der Waals surface area contributed by atoms with Crippen molar-refractivity contribution in [3.05, 3.63) is 83.4 Å². The van der Waals surface area contributed by atoms with Gasteiger partial charge in [0.25, 0.3) is 0 Å². The van der Waals surface area contributed by atoms with Gasteiger partial charge in [-0.3, -0.25) is 19.5 Å². The molecule has 2 amide bonds. The van der Waals surface area contributed by atoms with E-state index in [-0.39, 0.29) is 11.7 Å². The second kappa shape index (κ2) is 9.55. The number of carbonyl (C=O) groups excluding carboxylic acids is 2. The molecular weight excluding hydrogens is 409 g/mol. The van der Waals surface area contributed by atoms with Crippen molar-refractivity contribution in [2.45, 2.75) is 25.2 Å². The van der Waals surface area contributed by atoms with E-state index in [4.69, 9.17) is 5.73 Å². The average Bonchev–Trinajstić information content (AvgIpc) is 3.21. The van der Waals surface area contributed by atoms with Gasteiger partial charge >= 0.3 is 0 Å². The zero-order valence-corrected chi connectivity index (χ0v) is 17.5. The molecule has 0 aliphatic carbocycles. The van der Waals surface area contributed by atoms with Crippen LogP contribution >= 0.6 is 0 Å². The minimum Gasteiger partial charge on any atom is -0.369 e. The summed E-state index contributed by atoms with van der Waals surface area (Å²) in [4.78, 5) is 35.0. The zero-order valence-electron chi connectivity index (χ0n) is 17.5. The second-order valence-corrected chi connectivity index (χ2v) is 7.68. The number of pyridine rings is 2. The molecule has 7 nitrogen and oxygen atoms in total. The molecule has 32 heavy (non-hydrogen) atoms. The standard InChI is InChI=1S/C24H24FN5O2/c25-18-6-1-4-16(14-18)10-12-28-24-19(22(23(26)32)17-5-2-11-27-15-17)8-9-20(29-24)30-13-3-7-21(30)31/h1-2,4-6,8-9,11,14-15,22H,3,7,10,12-13H2,(H2,26,32)(H,28,29). The van der Waals surface area contributed by atoms with Gasteiger partial charge in [-0.25, -0.2) is 9.37 Å². The molecule has 0 radical (unpaired) electrons. The van der Waals surface area contributed by atoms with Crippen LogP contribution in [0.25, 0.3) is 0 Å². The summed E-state index contributed by atoms with van der Waals surface area (Å²) >= 11 is 0. The van der Waals surface area contributed by atoms with Gasteiger partial charge in [-0.1, -0.05) is 24.3 Å². The first kappa shape index (κ1) is 21.4. The first-order valence-electron chi connectivity index (χ1n) is 10.5. The molecule has 2 aromatic heterocycles. The molecule has 3 N–H and O–H groups in total. The monoisotopic (exact) mass is 433 g/mol. The molecule has 0 spiro atoms. The number of primary amides is 1. The highest BCUT2D eigenvalue weighted by Gasteiger charge is 2.27. The van der Waals surface area contributed by atoms with Crippen LogP contribution in [0.2, 0.25) is 0 Å². The van der Waals surface area contributed by atoms with E-state index in [0.717, 1.165) is 12.0 Å². The van der Waals surface area contributed by atoms with Crippen molar-refractivity contribution in [2.24, 2.45) is 5.73 Å². The summed E-state index contributed by atoms with van der Waals surface area (Å²) in [5.74, 6) is -0.560. The van der Waals surface area contributed by atoms with E-state index in [9.17, 15) is 14.0 Å². The Labute approximate surface area is 185 Å². The SMILES string of the molecule is NC(=O)C(c1cccnc1)c1ccc(N2CCCC2=O)nc1NCCc1cccc(F)c1. The fourth-order valence-electron chi connectivity index (χ4n) is 3.94. The second-order valence-electron chi connectivity index (χ2n) is 7.68. The van der Waals surface area contributed by atoms with Gasteiger partial charge in [-0.2, -0.15) is 0 Å². The van der Waals surface area contributed by atoms with E-state index in [1.54, 1.807) is 47.6 Å². The summed E-state index contributed by atoms with van der Waals surface area (Å²) in [6, 6.07) is 13.4. The largest absolute Gasteiger partial charge is 0.369 e. The number of nitrogens with two attached hydrogens (primary N) is 1. The number of hydrogen-bond acceptors (Lipinski definition) is 5. The quantitative estimate of drug-likeness (QED) is 0.569. The van der Waals surface area contributed by atoms with Crippen LogP contribution in [0.3, 0.4) is 0 Å². The number of anilines is 2. The number of hydrogen-bond donors (Lipinski definition) is 2. The third-order valence-electron chi connectivity index (χ3n) is 5.47. The molecule has 1 atom stereocenters. The Bertz CT molecular complexity index is 1120. The molecule has 3 aromatic rings. The maximum atomic E-state index is 13.5. The third-order valence-corrected chi connectivity index (χ3v) is 5.47. The average molecular weight is 433 g/mol. The van der Waals surface area contributed by atoms with Gasteiger partial charge in [0, 0.05) is 37.5 Å². The maximum absolute atomic E-state index is 13.5. The Balaban J connectivity index is 1.66. The first-order valence-corrected chi connectivity index (χ1v) is 10.5. The van der Waals surface area contributed by atoms with Crippen LogP contribution in [0.1, 0.15) is 35.4 Å². The Morgan fingerprint density at radius 3 is 2.78 bits per heavy atom. The molecule has 1 aromatic carbocycles. The molecule has 0 saturated carbocycles. The first-order chi connectivity index (χ1) is 15.5. The Kier molecular flexibility index (Phi) is 6.39. The van der Waals surface area contributed by atoms with Crippen LogP contribution in [-0.2, 0) is 16.0 Å². The van der Waals surface area contributed by atoms with Crippen molar-refractivity contribution in [2.75, 3.05) is 23.3 Å². The summed E-state index contributed by atoms with van der Waals surface area (Å²) in [6.07, 6.45) is 5.05. The highest BCUT2D eigenvalue weighted by Crippen LogP contribution is 2.32. The van der Waals surface area contributed by atoms with Crippen molar-refractivity contribution in [3.63, 3.8) is 0 Å². The lowest BCUT2D eigenvalue weighted by Crippen LogP contribution is -2.27. The number of nitrogens with one attached hydrogen (secondary N) is 1. The van der Waals surface area contributed by atoms with E-state index >= 15 is 0 Å². The predicted molar refractivity (Wildman–Crippen MR) is 120 cm³/mol. The number of benzene rings is 1. The summed E-state index contributed by atoms with van der Waals surface area (Å²) < 4.78 is 13.5. The smallest absolute Gasteiger partial charge is 0.229 e. The number of aromatic nitrogens is 2. The van der Waals surface area contributed by atoms with E-state index in [1.807, 2.05) is 6.07 Å². The van der Waals surface area contributed by atoms with E-state index < -0.39 is 11.8 Å². The highest BCUT2D eigenvalue weighted by atomic mass is 19.1. The van der Waals surface area contributed by atoms with Gasteiger partial charge in [0.05, 0.1) is 5.92 Å². The molecule has 1 unspecified atom stereocenters. The van der Waals surface area contributed by atoms with Gasteiger partial charge < -0.3 is 11.1 Å². The molecule has 1 fully saturated rings. The lowest BCUT2D eigenvalue weighted by Gasteiger charge is -2.21. The Morgan fingerprint density at radius 2 is 2.09 bits per heavy atom. The molecule has 1 saturated heterocycles.